The lowest BCUT2D eigenvalue weighted by Gasteiger charge is -2.14. The number of amides is 1. The lowest BCUT2D eigenvalue weighted by Crippen LogP contribution is -2.23. The molecular formula is C13H15N3O2. The van der Waals surface area contributed by atoms with Crippen LogP contribution in [0, 0.1) is 0 Å². The van der Waals surface area contributed by atoms with Gasteiger partial charge in [-0.05, 0) is 31.2 Å². The van der Waals surface area contributed by atoms with Crippen LogP contribution >= 0.6 is 0 Å². The van der Waals surface area contributed by atoms with Gasteiger partial charge in [-0.25, -0.2) is 4.98 Å². The second kappa shape index (κ2) is 5.35. The summed E-state index contributed by atoms with van der Waals surface area (Å²) in [4.78, 5) is 16.1. The average Bonchev–Trinajstić information content (AvgIpc) is 2.92. The molecule has 0 unspecified atom stereocenters. The first-order valence-corrected chi connectivity index (χ1v) is 5.64. The quantitative estimate of drug-likeness (QED) is 0.897. The monoisotopic (exact) mass is 245 g/mol. The number of aromatic nitrogens is 2. The Balaban J connectivity index is 2.12. The number of ether oxygens (including phenoxy) is 1. The highest BCUT2D eigenvalue weighted by Crippen LogP contribution is 2.21. The zero-order chi connectivity index (χ0) is 13.0. The van der Waals surface area contributed by atoms with Crippen LogP contribution < -0.4 is 10.1 Å². The van der Waals surface area contributed by atoms with Crippen LogP contribution in [0.1, 0.15) is 13.0 Å². The SMILES string of the molecule is COc1ncccc1NC(=O)[C@H](C)n1cccc1. The fraction of sp³-hybridized carbons (Fsp3) is 0.231. The van der Waals surface area contributed by atoms with E-state index in [0.29, 0.717) is 11.6 Å². The molecule has 94 valence electrons. The Morgan fingerprint density at radius 2 is 2.11 bits per heavy atom. The molecule has 18 heavy (non-hydrogen) atoms. The van der Waals surface area contributed by atoms with Gasteiger partial charge in [-0.1, -0.05) is 0 Å². The van der Waals surface area contributed by atoms with Gasteiger partial charge in [-0.15, -0.1) is 0 Å². The van der Waals surface area contributed by atoms with Crippen LogP contribution in [-0.2, 0) is 4.79 Å². The van der Waals surface area contributed by atoms with E-state index in [1.807, 2.05) is 36.0 Å². The summed E-state index contributed by atoms with van der Waals surface area (Å²) >= 11 is 0. The molecule has 1 N–H and O–H groups in total. The van der Waals surface area contributed by atoms with E-state index in [-0.39, 0.29) is 11.9 Å². The molecule has 0 radical (unpaired) electrons. The van der Waals surface area contributed by atoms with E-state index < -0.39 is 0 Å². The third-order valence-corrected chi connectivity index (χ3v) is 2.68. The number of anilines is 1. The molecule has 2 rings (SSSR count). The predicted octanol–water partition coefficient (Wildman–Crippen LogP) is 2.09. The molecular weight excluding hydrogens is 230 g/mol. The minimum Gasteiger partial charge on any atom is -0.480 e. The molecule has 5 heteroatoms. The first-order valence-electron chi connectivity index (χ1n) is 5.64. The molecule has 0 spiro atoms. The minimum atomic E-state index is -0.287. The fourth-order valence-corrected chi connectivity index (χ4v) is 1.63. The number of nitrogens with zero attached hydrogens (tertiary/aromatic N) is 2. The first kappa shape index (κ1) is 12.2. The van der Waals surface area contributed by atoms with Crippen LogP contribution in [0.5, 0.6) is 5.88 Å². The summed E-state index contributed by atoms with van der Waals surface area (Å²) in [6, 6.07) is 6.98. The van der Waals surface area contributed by atoms with Crippen LogP contribution in [0.2, 0.25) is 0 Å². The Bertz CT molecular complexity index is 523. The number of methoxy groups -OCH3 is 1. The highest BCUT2D eigenvalue weighted by molar-refractivity contribution is 5.94. The Labute approximate surface area is 105 Å². The van der Waals surface area contributed by atoms with Crippen molar-refractivity contribution in [3.8, 4) is 5.88 Å². The smallest absolute Gasteiger partial charge is 0.247 e. The van der Waals surface area contributed by atoms with Gasteiger partial charge in [0.1, 0.15) is 11.7 Å². The van der Waals surface area contributed by atoms with Crippen molar-refractivity contribution in [1.82, 2.24) is 9.55 Å². The van der Waals surface area contributed by atoms with Gasteiger partial charge in [0.25, 0.3) is 0 Å². The van der Waals surface area contributed by atoms with Crippen molar-refractivity contribution < 1.29 is 9.53 Å². The number of hydrogen-bond donors (Lipinski definition) is 1. The molecule has 0 fully saturated rings. The summed E-state index contributed by atoms with van der Waals surface area (Å²) < 4.78 is 6.92. The molecule has 1 atom stereocenters. The molecule has 0 aliphatic carbocycles. The molecule has 2 aromatic heterocycles. The maximum atomic E-state index is 12.1. The van der Waals surface area contributed by atoms with Crippen molar-refractivity contribution in [2.24, 2.45) is 0 Å². The third kappa shape index (κ3) is 2.51. The molecule has 0 saturated heterocycles. The van der Waals surface area contributed by atoms with Gasteiger partial charge in [-0.2, -0.15) is 0 Å². The number of hydrogen-bond acceptors (Lipinski definition) is 3. The molecule has 0 aliphatic rings. The fourth-order valence-electron chi connectivity index (χ4n) is 1.63. The van der Waals surface area contributed by atoms with Crippen LogP contribution in [0.15, 0.2) is 42.9 Å². The van der Waals surface area contributed by atoms with Gasteiger partial charge < -0.3 is 14.6 Å². The van der Waals surface area contributed by atoms with E-state index in [1.54, 1.807) is 18.3 Å². The zero-order valence-corrected chi connectivity index (χ0v) is 10.3. The van der Waals surface area contributed by atoms with E-state index in [4.69, 9.17) is 4.74 Å². The van der Waals surface area contributed by atoms with Crippen LogP contribution in [0.3, 0.4) is 0 Å². The van der Waals surface area contributed by atoms with E-state index in [9.17, 15) is 4.79 Å². The van der Waals surface area contributed by atoms with Crippen molar-refractivity contribution in [2.45, 2.75) is 13.0 Å². The summed E-state index contributed by atoms with van der Waals surface area (Å²) in [5, 5.41) is 2.80. The number of rotatable bonds is 4. The number of nitrogens with one attached hydrogen (secondary N) is 1. The second-order valence-electron chi connectivity index (χ2n) is 3.86. The van der Waals surface area contributed by atoms with Crippen molar-refractivity contribution in [3.05, 3.63) is 42.9 Å². The normalized spacial score (nSPS) is 11.9. The standard InChI is InChI=1S/C13H15N3O2/c1-10(16-8-3-4-9-16)12(17)15-11-6-5-7-14-13(11)18-2/h3-10H,1-2H3,(H,15,17)/t10-/m0/s1. The highest BCUT2D eigenvalue weighted by Gasteiger charge is 2.15. The lowest BCUT2D eigenvalue weighted by atomic mass is 10.3. The summed E-state index contributed by atoms with van der Waals surface area (Å²) in [6.45, 7) is 1.83. The van der Waals surface area contributed by atoms with Crippen molar-refractivity contribution >= 4 is 11.6 Å². The van der Waals surface area contributed by atoms with Gasteiger partial charge >= 0.3 is 0 Å². The average molecular weight is 245 g/mol. The summed E-state index contributed by atoms with van der Waals surface area (Å²) in [7, 11) is 1.52. The molecule has 5 nitrogen and oxygen atoms in total. The molecule has 0 bridgehead atoms. The predicted molar refractivity (Wildman–Crippen MR) is 68.6 cm³/mol. The number of pyridine rings is 1. The van der Waals surface area contributed by atoms with Gasteiger partial charge in [0.05, 0.1) is 7.11 Å². The molecule has 2 aromatic rings. The third-order valence-electron chi connectivity index (χ3n) is 2.68. The number of carbonyl (C=O) groups excluding carboxylic acids is 1. The lowest BCUT2D eigenvalue weighted by molar-refractivity contribution is -0.118. The Morgan fingerprint density at radius 1 is 1.39 bits per heavy atom. The van der Waals surface area contributed by atoms with Crippen molar-refractivity contribution in [3.63, 3.8) is 0 Å². The van der Waals surface area contributed by atoms with Gasteiger partial charge in [0.2, 0.25) is 11.8 Å². The molecule has 0 aromatic carbocycles. The Hall–Kier alpha value is -2.30. The maximum absolute atomic E-state index is 12.1. The topological polar surface area (TPSA) is 56.1 Å². The van der Waals surface area contributed by atoms with E-state index in [2.05, 4.69) is 10.3 Å². The largest absolute Gasteiger partial charge is 0.480 e. The van der Waals surface area contributed by atoms with Crippen molar-refractivity contribution in [2.75, 3.05) is 12.4 Å². The Kier molecular flexibility index (Phi) is 3.62. The molecule has 0 aliphatic heterocycles. The highest BCUT2D eigenvalue weighted by atomic mass is 16.5. The van der Waals surface area contributed by atoms with Gasteiger partial charge in [0.15, 0.2) is 0 Å². The van der Waals surface area contributed by atoms with Gasteiger partial charge in [0, 0.05) is 18.6 Å². The maximum Gasteiger partial charge on any atom is 0.247 e. The summed E-state index contributed by atoms with van der Waals surface area (Å²) in [5.74, 6) is 0.294. The Morgan fingerprint density at radius 3 is 2.78 bits per heavy atom. The number of carbonyl (C=O) groups is 1. The van der Waals surface area contributed by atoms with Gasteiger partial charge in [-0.3, -0.25) is 4.79 Å². The molecule has 2 heterocycles. The van der Waals surface area contributed by atoms with E-state index >= 15 is 0 Å². The zero-order valence-electron chi connectivity index (χ0n) is 10.3. The molecule has 1 amide bonds. The first-order chi connectivity index (χ1) is 8.72. The summed E-state index contributed by atoms with van der Waals surface area (Å²) in [6.07, 6.45) is 5.32. The summed E-state index contributed by atoms with van der Waals surface area (Å²) in [5.41, 5.74) is 0.573. The van der Waals surface area contributed by atoms with E-state index in [0.717, 1.165) is 0 Å². The van der Waals surface area contributed by atoms with Crippen LogP contribution in [0.25, 0.3) is 0 Å². The van der Waals surface area contributed by atoms with Crippen molar-refractivity contribution in [1.29, 1.82) is 0 Å². The van der Waals surface area contributed by atoms with Crippen LogP contribution in [-0.4, -0.2) is 22.6 Å². The van der Waals surface area contributed by atoms with Crippen LogP contribution in [0.4, 0.5) is 5.69 Å². The minimum absolute atomic E-state index is 0.113. The molecule has 0 saturated carbocycles. The van der Waals surface area contributed by atoms with E-state index in [1.165, 1.54) is 7.11 Å². The second-order valence-corrected chi connectivity index (χ2v) is 3.86.